The Balaban J connectivity index is 0.000000406. The number of phenolic OH excluding ortho intramolecular Hbond substituents is 1. The third-order valence-electron chi connectivity index (χ3n) is 2.62. The standard InChI is InChI=1S/C8H14O4.C7H6O3/c9-7(10)5-3-1-2-4-6-8(11)12;8-6-3-1-2-5(4-6)7(9)10/h1-6H2,(H,9,10)(H,11,12);1-4,8H,(H,9,10). The Bertz CT molecular complexity index is 478. The predicted molar refractivity (Wildman–Crippen MR) is 78.0 cm³/mol. The number of unbranched alkanes of at least 4 members (excludes halogenated alkanes) is 3. The SMILES string of the molecule is O=C(O)CCCCCCC(=O)O.O=C(O)c1cccc(O)c1. The van der Waals surface area contributed by atoms with Crippen LogP contribution in [-0.2, 0) is 9.59 Å². The topological polar surface area (TPSA) is 132 Å². The molecule has 0 saturated carbocycles. The van der Waals surface area contributed by atoms with Gasteiger partial charge in [0, 0.05) is 12.8 Å². The van der Waals surface area contributed by atoms with Crippen molar-refractivity contribution in [2.75, 3.05) is 0 Å². The molecule has 1 aromatic rings. The van der Waals surface area contributed by atoms with Crippen molar-refractivity contribution in [2.24, 2.45) is 0 Å². The molecule has 0 aromatic heterocycles. The number of hydrogen-bond acceptors (Lipinski definition) is 4. The summed E-state index contributed by atoms with van der Waals surface area (Å²) in [5.41, 5.74) is 0.0972. The smallest absolute Gasteiger partial charge is 0.335 e. The number of phenols is 1. The van der Waals surface area contributed by atoms with Crippen molar-refractivity contribution in [3.8, 4) is 5.75 Å². The van der Waals surface area contributed by atoms with Crippen LogP contribution in [0.5, 0.6) is 5.75 Å². The van der Waals surface area contributed by atoms with Crippen molar-refractivity contribution < 1.29 is 34.8 Å². The molecule has 1 aromatic carbocycles. The molecule has 22 heavy (non-hydrogen) atoms. The summed E-state index contributed by atoms with van der Waals surface area (Å²) in [4.78, 5) is 30.3. The zero-order chi connectivity index (χ0) is 17.0. The van der Waals surface area contributed by atoms with Crippen molar-refractivity contribution in [1.29, 1.82) is 0 Å². The lowest BCUT2D eigenvalue weighted by molar-refractivity contribution is -0.138. The van der Waals surface area contributed by atoms with Gasteiger partial charge >= 0.3 is 17.9 Å². The largest absolute Gasteiger partial charge is 0.508 e. The van der Waals surface area contributed by atoms with E-state index in [2.05, 4.69) is 0 Å². The molecular formula is C15H20O7. The minimum Gasteiger partial charge on any atom is -0.508 e. The molecule has 0 aliphatic rings. The molecule has 4 N–H and O–H groups in total. The maximum Gasteiger partial charge on any atom is 0.335 e. The predicted octanol–water partition coefficient (Wildman–Crippen LogP) is 2.59. The number of aromatic hydroxyl groups is 1. The first-order valence-corrected chi connectivity index (χ1v) is 6.79. The summed E-state index contributed by atoms with van der Waals surface area (Å²) in [6, 6.07) is 5.52. The van der Waals surface area contributed by atoms with Gasteiger partial charge in [-0.05, 0) is 31.0 Å². The Kier molecular flexibility index (Phi) is 9.83. The van der Waals surface area contributed by atoms with Gasteiger partial charge in [0.15, 0.2) is 0 Å². The number of hydrogen-bond donors (Lipinski definition) is 4. The minimum absolute atomic E-state index is 0.0279. The Morgan fingerprint density at radius 2 is 1.32 bits per heavy atom. The number of rotatable bonds is 8. The number of benzene rings is 1. The number of carboxylic acid groups (broad SMARTS) is 3. The van der Waals surface area contributed by atoms with Crippen LogP contribution in [0.1, 0.15) is 48.9 Å². The summed E-state index contributed by atoms with van der Waals surface area (Å²) in [6.07, 6.45) is 3.28. The van der Waals surface area contributed by atoms with Gasteiger partial charge < -0.3 is 20.4 Å². The van der Waals surface area contributed by atoms with E-state index in [9.17, 15) is 14.4 Å². The van der Waals surface area contributed by atoms with Crippen LogP contribution in [0.4, 0.5) is 0 Å². The van der Waals surface area contributed by atoms with Gasteiger partial charge in [-0.2, -0.15) is 0 Å². The highest BCUT2D eigenvalue weighted by Gasteiger charge is 2.00. The van der Waals surface area contributed by atoms with Crippen LogP contribution in [0.2, 0.25) is 0 Å². The molecule has 1 rings (SSSR count). The average Bonchev–Trinajstić information content (AvgIpc) is 2.43. The van der Waals surface area contributed by atoms with Crippen LogP contribution in [0.15, 0.2) is 24.3 Å². The Morgan fingerprint density at radius 1 is 0.818 bits per heavy atom. The van der Waals surface area contributed by atoms with Gasteiger partial charge in [-0.1, -0.05) is 18.9 Å². The van der Waals surface area contributed by atoms with Gasteiger partial charge in [-0.3, -0.25) is 9.59 Å². The molecule has 0 atom stereocenters. The fraction of sp³-hybridized carbons (Fsp3) is 0.400. The third kappa shape index (κ3) is 11.3. The quantitative estimate of drug-likeness (QED) is 0.542. The molecule has 0 heterocycles. The van der Waals surface area contributed by atoms with Crippen molar-refractivity contribution in [1.82, 2.24) is 0 Å². The molecule has 0 fully saturated rings. The summed E-state index contributed by atoms with van der Waals surface area (Å²) in [6.45, 7) is 0. The van der Waals surface area contributed by atoms with E-state index >= 15 is 0 Å². The lowest BCUT2D eigenvalue weighted by Gasteiger charge is -1.96. The number of aliphatic carboxylic acids is 2. The number of carbonyl (C=O) groups is 3. The molecule has 0 unspecified atom stereocenters. The van der Waals surface area contributed by atoms with Crippen LogP contribution in [-0.4, -0.2) is 38.3 Å². The molecule has 0 bridgehead atoms. The molecule has 0 aliphatic heterocycles. The molecule has 0 amide bonds. The van der Waals surface area contributed by atoms with Crippen molar-refractivity contribution >= 4 is 17.9 Å². The summed E-state index contributed by atoms with van der Waals surface area (Å²) < 4.78 is 0. The van der Waals surface area contributed by atoms with Crippen LogP contribution in [0.3, 0.4) is 0 Å². The summed E-state index contributed by atoms with van der Waals surface area (Å²) in [5.74, 6) is -2.63. The number of carboxylic acids is 3. The third-order valence-corrected chi connectivity index (χ3v) is 2.62. The van der Waals surface area contributed by atoms with Gasteiger partial charge in [0.1, 0.15) is 5.75 Å². The van der Waals surface area contributed by atoms with Crippen LogP contribution in [0, 0.1) is 0 Å². The zero-order valence-corrected chi connectivity index (χ0v) is 12.1. The van der Waals surface area contributed by atoms with E-state index in [0.29, 0.717) is 12.8 Å². The van der Waals surface area contributed by atoms with Gasteiger partial charge in [0.05, 0.1) is 5.56 Å². The first kappa shape index (κ1) is 19.4. The molecule has 122 valence electrons. The van der Waals surface area contributed by atoms with Crippen LogP contribution in [0.25, 0.3) is 0 Å². The van der Waals surface area contributed by atoms with Crippen LogP contribution < -0.4 is 0 Å². The molecule has 0 saturated heterocycles. The number of aromatic carboxylic acids is 1. The second-order valence-corrected chi connectivity index (χ2v) is 4.56. The first-order chi connectivity index (χ1) is 10.3. The van der Waals surface area contributed by atoms with Gasteiger partial charge in [-0.25, -0.2) is 4.79 Å². The molecule has 0 radical (unpaired) electrons. The van der Waals surface area contributed by atoms with Gasteiger partial charge in [-0.15, -0.1) is 0 Å². The van der Waals surface area contributed by atoms with Crippen molar-refractivity contribution in [3.63, 3.8) is 0 Å². The second kappa shape index (κ2) is 11.1. The minimum atomic E-state index is -1.03. The van der Waals surface area contributed by atoms with E-state index < -0.39 is 17.9 Å². The molecule has 0 aliphatic carbocycles. The van der Waals surface area contributed by atoms with E-state index in [1.807, 2.05) is 0 Å². The molecule has 7 heteroatoms. The molecular weight excluding hydrogens is 292 g/mol. The van der Waals surface area contributed by atoms with Gasteiger partial charge in [0.2, 0.25) is 0 Å². The van der Waals surface area contributed by atoms with E-state index in [1.165, 1.54) is 24.3 Å². The monoisotopic (exact) mass is 312 g/mol. The van der Waals surface area contributed by atoms with Crippen molar-refractivity contribution in [2.45, 2.75) is 38.5 Å². The summed E-state index contributed by atoms with van der Waals surface area (Å²) in [5, 5.41) is 33.7. The fourth-order valence-electron chi connectivity index (χ4n) is 1.54. The zero-order valence-electron chi connectivity index (χ0n) is 12.1. The van der Waals surface area contributed by atoms with Crippen molar-refractivity contribution in [3.05, 3.63) is 29.8 Å². The lowest BCUT2D eigenvalue weighted by atomic mass is 10.1. The van der Waals surface area contributed by atoms with E-state index in [1.54, 1.807) is 0 Å². The van der Waals surface area contributed by atoms with Gasteiger partial charge in [0.25, 0.3) is 0 Å². The Labute approximate surface area is 127 Å². The Morgan fingerprint density at radius 3 is 1.64 bits per heavy atom. The Hall–Kier alpha value is -2.57. The second-order valence-electron chi connectivity index (χ2n) is 4.56. The normalized spacial score (nSPS) is 9.45. The highest BCUT2D eigenvalue weighted by atomic mass is 16.4. The lowest BCUT2D eigenvalue weighted by Crippen LogP contribution is -1.95. The highest BCUT2D eigenvalue weighted by Crippen LogP contribution is 2.10. The van der Waals surface area contributed by atoms with E-state index in [0.717, 1.165) is 12.8 Å². The fourth-order valence-corrected chi connectivity index (χ4v) is 1.54. The maximum absolute atomic E-state index is 10.2. The summed E-state index contributed by atoms with van der Waals surface area (Å²) in [7, 11) is 0. The first-order valence-electron chi connectivity index (χ1n) is 6.79. The highest BCUT2D eigenvalue weighted by molar-refractivity contribution is 5.87. The van der Waals surface area contributed by atoms with Crippen LogP contribution >= 0.6 is 0 Å². The average molecular weight is 312 g/mol. The van der Waals surface area contributed by atoms with E-state index in [4.69, 9.17) is 20.4 Å². The van der Waals surface area contributed by atoms with E-state index in [-0.39, 0.29) is 24.2 Å². The molecule has 0 spiro atoms. The molecule has 7 nitrogen and oxygen atoms in total. The summed E-state index contributed by atoms with van der Waals surface area (Å²) >= 11 is 0. The maximum atomic E-state index is 10.2.